The zero-order valence-electron chi connectivity index (χ0n) is 14.5. The Morgan fingerprint density at radius 2 is 2.08 bits per heavy atom. The van der Waals surface area contributed by atoms with Gasteiger partial charge in [-0.15, -0.1) is 0 Å². The van der Waals surface area contributed by atoms with E-state index in [0.29, 0.717) is 18.5 Å². The third-order valence-electron chi connectivity index (χ3n) is 5.66. The number of rotatable bonds is 5. The normalized spacial score (nSPS) is 25.5. The number of nitrogens with zero attached hydrogens (tertiary/aromatic N) is 2. The topological polar surface area (TPSA) is 59.0 Å². The first-order chi connectivity index (χ1) is 12.3. The van der Waals surface area contributed by atoms with Gasteiger partial charge in [-0.1, -0.05) is 37.1 Å². The first-order valence-electron chi connectivity index (χ1n) is 9.36. The van der Waals surface area contributed by atoms with Gasteiger partial charge in [-0.25, -0.2) is 4.98 Å². The van der Waals surface area contributed by atoms with E-state index in [0.717, 1.165) is 13.0 Å². The summed E-state index contributed by atoms with van der Waals surface area (Å²) in [6.07, 6.45) is 11.7. The molecule has 1 amide bonds. The Labute approximate surface area is 148 Å². The molecule has 1 saturated carbocycles. The van der Waals surface area contributed by atoms with Gasteiger partial charge in [0.05, 0.1) is 12.4 Å². The predicted octanol–water partition coefficient (Wildman–Crippen LogP) is 2.47. The van der Waals surface area contributed by atoms with Crippen molar-refractivity contribution in [2.75, 3.05) is 0 Å². The lowest BCUT2D eigenvalue weighted by molar-refractivity contribution is -0.123. The molecule has 0 bridgehead atoms. The molecule has 3 atom stereocenters. The Hall–Kier alpha value is -2.14. The molecular formula is C20H26N4O. The van der Waals surface area contributed by atoms with Gasteiger partial charge in [-0.05, 0) is 36.3 Å². The molecule has 1 aliphatic heterocycles. The summed E-state index contributed by atoms with van der Waals surface area (Å²) in [5.74, 6) is 0.838. The second-order valence-electron chi connectivity index (χ2n) is 7.33. The van der Waals surface area contributed by atoms with Gasteiger partial charge in [0.2, 0.25) is 5.91 Å². The maximum atomic E-state index is 12.6. The Kier molecular flexibility index (Phi) is 4.83. The van der Waals surface area contributed by atoms with Crippen LogP contribution in [0.5, 0.6) is 0 Å². The minimum absolute atomic E-state index is 0.0195. The number of hydrogen-bond acceptors (Lipinski definition) is 3. The maximum Gasteiger partial charge on any atom is 0.237 e. The summed E-state index contributed by atoms with van der Waals surface area (Å²) in [6, 6.07) is 8.81. The molecule has 3 unspecified atom stereocenters. The second kappa shape index (κ2) is 7.40. The number of aromatic nitrogens is 2. The number of carbonyl (C=O) groups is 1. The molecule has 2 heterocycles. The average Bonchev–Trinajstić information content (AvgIpc) is 3.30. The largest absolute Gasteiger partial charge is 0.351 e. The minimum atomic E-state index is -0.0195. The number of fused-ring (bicyclic) bond motifs is 1. The highest BCUT2D eigenvalue weighted by molar-refractivity contribution is 5.82. The van der Waals surface area contributed by atoms with Crippen molar-refractivity contribution in [3.63, 3.8) is 0 Å². The highest BCUT2D eigenvalue weighted by Gasteiger charge is 2.37. The molecule has 0 radical (unpaired) electrons. The highest BCUT2D eigenvalue weighted by Crippen LogP contribution is 2.33. The first kappa shape index (κ1) is 16.3. The van der Waals surface area contributed by atoms with Crippen LogP contribution in [0.4, 0.5) is 0 Å². The quantitative estimate of drug-likeness (QED) is 0.880. The summed E-state index contributed by atoms with van der Waals surface area (Å²) in [5, 5.41) is 6.70. The molecule has 1 aromatic carbocycles. The van der Waals surface area contributed by atoms with Crippen molar-refractivity contribution >= 4 is 5.91 Å². The van der Waals surface area contributed by atoms with Crippen LogP contribution in [0.15, 0.2) is 43.0 Å². The Morgan fingerprint density at radius 3 is 2.88 bits per heavy atom. The SMILES string of the molecule is O=C(NCc1ccccc1Cn1ccnc1)C1CC2CCCCC2N1. The average molecular weight is 338 g/mol. The lowest BCUT2D eigenvalue weighted by Gasteiger charge is -2.24. The van der Waals surface area contributed by atoms with E-state index in [-0.39, 0.29) is 11.9 Å². The Balaban J connectivity index is 1.36. The molecule has 132 valence electrons. The molecule has 5 nitrogen and oxygen atoms in total. The molecule has 2 aliphatic rings. The molecule has 25 heavy (non-hydrogen) atoms. The molecule has 1 saturated heterocycles. The summed E-state index contributed by atoms with van der Waals surface area (Å²) >= 11 is 0. The number of amides is 1. The van der Waals surface area contributed by atoms with Gasteiger partial charge in [-0.2, -0.15) is 0 Å². The fourth-order valence-electron chi connectivity index (χ4n) is 4.29. The third kappa shape index (κ3) is 3.76. The van der Waals surface area contributed by atoms with Crippen LogP contribution < -0.4 is 10.6 Å². The van der Waals surface area contributed by atoms with Gasteiger partial charge in [-0.3, -0.25) is 4.79 Å². The van der Waals surface area contributed by atoms with Crippen molar-refractivity contribution in [1.82, 2.24) is 20.2 Å². The summed E-state index contributed by atoms with van der Waals surface area (Å²) in [6.45, 7) is 1.36. The number of hydrogen-bond donors (Lipinski definition) is 2. The van der Waals surface area contributed by atoms with Crippen molar-refractivity contribution < 1.29 is 4.79 Å². The van der Waals surface area contributed by atoms with Gasteiger partial charge in [0.1, 0.15) is 0 Å². The maximum absolute atomic E-state index is 12.6. The molecular weight excluding hydrogens is 312 g/mol. The van der Waals surface area contributed by atoms with Gasteiger partial charge in [0.15, 0.2) is 0 Å². The number of benzene rings is 1. The highest BCUT2D eigenvalue weighted by atomic mass is 16.2. The molecule has 0 spiro atoms. The number of imidazole rings is 1. The zero-order valence-corrected chi connectivity index (χ0v) is 14.5. The monoisotopic (exact) mass is 338 g/mol. The van der Waals surface area contributed by atoms with Crippen LogP contribution >= 0.6 is 0 Å². The van der Waals surface area contributed by atoms with E-state index in [1.165, 1.54) is 36.8 Å². The Morgan fingerprint density at radius 1 is 1.24 bits per heavy atom. The summed E-state index contributed by atoms with van der Waals surface area (Å²) in [5.41, 5.74) is 2.38. The molecule has 2 aromatic rings. The Bertz CT molecular complexity index is 698. The van der Waals surface area contributed by atoms with Gasteiger partial charge in [0.25, 0.3) is 0 Å². The van der Waals surface area contributed by atoms with E-state index in [1.807, 2.05) is 29.2 Å². The number of carbonyl (C=O) groups excluding carboxylic acids is 1. The predicted molar refractivity (Wildman–Crippen MR) is 96.9 cm³/mol. The summed E-state index contributed by atoms with van der Waals surface area (Å²) in [4.78, 5) is 16.7. The first-order valence-corrected chi connectivity index (χ1v) is 9.36. The van der Waals surface area contributed by atoms with E-state index in [9.17, 15) is 4.79 Å². The lowest BCUT2D eigenvalue weighted by Crippen LogP contribution is -2.43. The zero-order chi connectivity index (χ0) is 17.1. The van der Waals surface area contributed by atoms with Crippen LogP contribution in [0.25, 0.3) is 0 Å². The third-order valence-corrected chi connectivity index (χ3v) is 5.66. The fourth-order valence-corrected chi connectivity index (χ4v) is 4.29. The van der Waals surface area contributed by atoms with Crippen LogP contribution in [0.2, 0.25) is 0 Å². The van der Waals surface area contributed by atoms with Crippen LogP contribution in [-0.2, 0) is 17.9 Å². The molecule has 5 heteroatoms. The standard InChI is InChI=1S/C20H26N4O/c25-20(19-11-15-5-3-4-8-18(15)23-19)22-12-16-6-1-2-7-17(16)13-24-10-9-21-14-24/h1-2,6-7,9-10,14-15,18-19,23H,3-5,8,11-13H2,(H,22,25). The molecule has 2 fully saturated rings. The van der Waals surface area contributed by atoms with Crippen molar-refractivity contribution in [2.24, 2.45) is 5.92 Å². The minimum Gasteiger partial charge on any atom is -0.351 e. The lowest BCUT2D eigenvalue weighted by atomic mass is 9.85. The van der Waals surface area contributed by atoms with Gasteiger partial charge >= 0.3 is 0 Å². The molecule has 1 aromatic heterocycles. The van der Waals surface area contributed by atoms with Crippen molar-refractivity contribution in [3.8, 4) is 0 Å². The van der Waals surface area contributed by atoms with Crippen molar-refractivity contribution in [3.05, 3.63) is 54.1 Å². The van der Waals surface area contributed by atoms with E-state index >= 15 is 0 Å². The van der Waals surface area contributed by atoms with E-state index < -0.39 is 0 Å². The molecule has 2 N–H and O–H groups in total. The molecule has 1 aliphatic carbocycles. The van der Waals surface area contributed by atoms with Crippen LogP contribution in [0.3, 0.4) is 0 Å². The fraction of sp³-hybridized carbons (Fsp3) is 0.500. The summed E-state index contributed by atoms with van der Waals surface area (Å²) < 4.78 is 2.05. The second-order valence-corrected chi connectivity index (χ2v) is 7.33. The van der Waals surface area contributed by atoms with E-state index in [1.54, 1.807) is 6.20 Å². The van der Waals surface area contributed by atoms with Crippen molar-refractivity contribution in [2.45, 2.75) is 57.3 Å². The summed E-state index contributed by atoms with van der Waals surface area (Å²) in [7, 11) is 0. The molecule has 4 rings (SSSR count). The van der Waals surface area contributed by atoms with Crippen LogP contribution in [-0.4, -0.2) is 27.5 Å². The van der Waals surface area contributed by atoms with E-state index in [2.05, 4.69) is 27.8 Å². The van der Waals surface area contributed by atoms with E-state index in [4.69, 9.17) is 0 Å². The van der Waals surface area contributed by atoms with Crippen LogP contribution in [0.1, 0.15) is 43.2 Å². The van der Waals surface area contributed by atoms with Gasteiger partial charge in [0, 0.05) is 31.5 Å². The number of nitrogens with one attached hydrogen (secondary N) is 2. The van der Waals surface area contributed by atoms with Crippen molar-refractivity contribution in [1.29, 1.82) is 0 Å². The van der Waals surface area contributed by atoms with Gasteiger partial charge < -0.3 is 15.2 Å². The smallest absolute Gasteiger partial charge is 0.237 e. The van der Waals surface area contributed by atoms with Crippen LogP contribution in [0, 0.1) is 5.92 Å².